The van der Waals surface area contributed by atoms with E-state index in [2.05, 4.69) is 23.0 Å². The van der Waals surface area contributed by atoms with Gasteiger partial charge in [-0.2, -0.15) is 11.3 Å². The van der Waals surface area contributed by atoms with Crippen molar-refractivity contribution < 1.29 is 14.3 Å². The molecule has 5 heteroatoms. The monoisotopic (exact) mass is 251 g/mol. The van der Waals surface area contributed by atoms with Crippen molar-refractivity contribution in [3.63, 3.8) is 0 Å². The van der Waals surface area contributed by atoms with Crippen LogP contribution in [-0.2, 0) is 13.1 Å². The highest BCUT2D eigenvalue weighted by molar-refractivity contribution is 7.08. The molecule has 0 radical (unpaired) electrons. The fourth-order valence-electron chi connectivity index (χ4n) is 1.55. The Labute approximate surface area is 103 Å². The van der Waals surface area contributed by atoms with Crippen LogP contribution in [0.15, 0.2) is 27.5 Å². The first-order valence-corrected chi connectivity index (χ1v) is 6.15. The number of rotatable bonds is 5. The molecule has 17 heavy (non-hydrogen) atoms. The van der Waals surface area contributed by atoms with E-state index in [0.717, 1.165) is 6.54 Å². The van der Waals surface area contributed by atoms with E-state index in [1.165, 1.54) is 23.5 Å². The molecule has 2 N–H and O–H groups in total. The van der Waals surface area contributed by atoms with Crippen molar-refractivity contribution in [1.82, 2.24) is 5.32 Å². The SMILES string of the molecule is Cc1cscc1CNCc1occc1C(=O)O. The second kappa shape index (κ2) is 5.16. The Balaban J connectivity index is 1.92. The molecule has 0 aliphatic heterocycles. The van der Waals surface area contributed by atoms with E-state index in [1.54, 1.807) is 11.3 Å². The highest BCUT2D eigenvalue weighted by Crippen LogP contribution is 2.14. The molecule has 0 atom stereocenters. The molecule has 0 saturated carbocycles. The van der Waals surface area contributed by atoms with Crippen LogP contribution in [0.5, 0.6) is 0 Å². The van der Waals surface area contributed by atoms with Crippen molar-refractivity contribution in [3.05, 3.63) is 45.5 Å². The predicted octanol–water partition coefficient (Wildman–Crippen LogP) is 2.64. The minimum Gasteiger partial charge on any atom is -0.478 e. The van der Waals surface area contributed by atoms with E-state index >= 15 is 0 Å². The van der Waals surface area contributed by atoms with E-state index in [-0.39, 0.29) is 5.56 Å². The first-order valence-electron chi connectivity index (χ1n) is 5.20. The van der Waals surface area contributed by atoms with Gasteiger partial charge in [0, 0.05) is 6.54 Å². The van der Waals surface area contributed by atoms with E-state index < -0.39 is 5.97 Å². The number of carboxylic acid groups (broad SMARTS) is 1. The molecule has 0 fully saturated rings. The van der Waals surface area contributed by atoms with Crippen LogP contribution in [0.3, 0.4) is 0 Å². The number of carbonyl (C=O) groups is 1. The van der Waals surface area contributed by atoms with Crippen molar-refractivity contribution in [2.75, 3.05) is 0 Å². The Morgan fingerprint density at radius 1 is 1.47 bits per heavy atom. The quantitative estimate of drug-likeness (QED) is 0.857. The van der Waals surface area contributed by atoms with Gasteiger partial charge in [-0.1, -0.05) is 0 Å². The molecule has 4 nitrogen and oxygen atoms in total. The normalized spacial score (nSPS) is 10.6. The maximum atomic E-state index is 10.8. The van der Waals surface area contributed by atoms with Gasteiger partial charge in [-0.15, -0.1) is 0 Å². The molecule has 0 aliphatic rings. The largest absolute Gasteiger partial charge is 0.478 e. The van der Waals surface area contributed by atoms with Crippen LogP contribution in [0.1, 0.15) is 27.2 Å². The average Bonchev–Trinajstić information content (AvgIpc) is 2.88. The Bertz CT molecular complexity index is 515. The maximum Gasteiger partial charge on any atom is 0.339 e. The summed E-state index contributed by atoms with van der Waals surface area (Å²) in [7, 11) is 0. The zero-order valence-corrected chi connectivity index (χ0v) is 10.2. The smallest absolute Gasteiger partial charge is 0.339 e. The molecule has 0 aromatic carbocycles. The van der Waals surface area contributed by atoms with Gasteiger partial charge in [-0.3, -0.25) is 0 Å². The highest BCUT2D eigenvalue weighted by atomic mass is 32.1. The van der Waals surface area contributed by atoms with Crippen LogP contribution in [-0.4, -0.2) is 11.1 Å². The van der Waals surface area contributed by atoms with Crippen LogP contribution in [0, 0.1) is 6.92 Å². The van der Waals surface area contributed by atoms with Gasteiger partial charge in [0.25, 0.3) is 0 Å². The van der Waals surface area contributed by atoms with Gasteiger partial charge in [-0.25, -0.2) is 4.79 Å². The molecule has 2 aromatic heterocycles. The summed E-state index contributed by atoms with van der Waals surface area (Å²) in [4.78, 5) is 10.8. The van der Waals surface area contributed by atoms with Crippen LogP contribution >= 0.6 is 11.3 Å². The van der Waals surface area contributed by atoms with Crippen LogP contribution < -0.4 is 5.32 Å². The number of carboxylic acids is 1. The Kier molecular flexibility index (Phi) is 3.61. The van der Waals surface area contributed by atoms with E-state index in [4.69, 9.17) is 9.52 Å². The maximum absolute atomic E-state index is 10.8. The minimum atomic E-state index is -0.956. The molecule has 0 bridgehead atoms. The third-order valence-electron chi connectivity index (χ3n) is 2.54. The van der Waals surface area contributed by atoms with E-state index in [0.29, 0.717) is 12.3 Å². The Morgan fingerprint density at radius 3 is 2.94 bits per heavy atom. The third kappa shape index (κ3) is 2.75. The van der Waals surface area contributed by atoms with Gasteiger partial charge in [0.1, 0.15) is 11.3 Å². The van der Waals surface area contributed by atoms with Gasteiger partial charge in [0.2, 0.25) is 0 Å². The van der Waals surface area contributed by atoms with Crippen LogP contribution in [0.2, 0.25) is 0 Å². The lowest BCUT2D eigenvalue weighted by Gasteiger charge is -2.03. The summed E-state index contributed by atoms with van der Waals surface area (Å²) in [6, 6.07) is 1.47. The summed E-state index contributed by atoms with van der Waals surface area (Å²) in [6.45, 7) is 3.20. The summed E-state index contributed by atoms with van der Waals surface area (Å²) in [6.07, 6.45) is 1.40. The number of hydrogen-bond donors (Lipinski definition) is 2. The lowest BCUT2D eigenvalue weighted by atomic mass is 10.2. The van der Waals surface area contributed by atoms with Crippen molar-refractivity contribution in [2.24, 2.45) is 0 Å². The number of aromatic carboxylic acids is 1. The van der Waals surface area contributed by atoms with E-state index in [9.17, 15) is 4.79 Å². The standard InChI is InChI=1S/C12H13NO3S/c1-8-6-17-7-9(8)4-13-5-11-10(12(14)15)2-3-16-11/h2-3,6-7,13H,4-5H2,1H3,(H,14,15). The molecule has 0 aliphatic carbocycles. The number of furan rings is 1. The highest BCUT2D eigenvalue weighted by Gasteiger charge is 2.12. The van der Waals surface area contributed by atoms with Gasteiger partial charge in [0.15, 0.2) is 0 Å². The summed E-state index contributed by atoms with van der Waals surface area (Å²) in [5, 5.41) is 16.2. The fourth-order valence-corrected chi connectivity index (χ4v) is 2.40. The fraction of sp³-hybridized carbons (Fsp3) is 0.250. The number of aryl methyl sites for hydroxylation is 1. The van der Waals surface area contributed by atoms with Crippen molar-refractivity contribution in [3.8, 4) is 0 Å². The summed E-state index contributed by atoms with van der Waals surface area (Å²) < 4.78 is 5.13. The number of nitrogens with one attached hydrogen (secondary N) is 1. The Hall–Kier alpha value is -1.59. The summed E-state index contributed by atoms with van der Waals surface area (Å²) in [5.74, 6) is -0.493. The van der Waals surface area contributed by atoms with Gasteiger partial charge >= 0.3 is 5.97 Å². The van der Waals surface area contributed by atoms with Crippen LogP contribution in [0.4, 0.5) is 0 Å². The molecule has 0 spiro atoms. The summed E-state index contributed by atoms with van der Waals surface area (Å²) in [5.41, 5.74) is 2.71. The minimum absolute atomic E-state index is 0.222. The zero-order chi connectivity index (χ0) is 12.3. The molecule has 90 valence electrons. The second-order valence-electron chi connectivity index (χ2n) is 3.75. The molecule has 2 heterocycles. The number of hydrogen-bond acceptors (Lipinski definition) is 4. The first-order chi connectivity index (χ1) is 8.18. The van der Waals surface area contributed by atoms with Crippen molar-refractivity contribution in [2.45, 2.75) is 20.0 Å². The van der Waals surface area contributed by atoms with Crippen molar-refractivity contribution >= 4 is 17.3 Å². The molecule has 0 amide bonds. The average molecular weight is 251 g/mol. The molecule has 2 aromatic rings. The van der Waals surface area contributed by atoms with Crippen LogP contribution in [0.25, 0.3) is 0 Å². The first kappa shape index (κ1) is 11.9. The zero-order valence-electron chi connectivity index (χ0n) is 9.40. The molecule has 2 rings (SSSR count). The molecular formula is C12H13NO3S. The van der Waals surface area contributed by atoms with Gasteiger partial charge < -0.3 is 14.8 Å². The number of thiophene rings is 1. The third-order valence-corrected chi connectivity index (χ3v) is 3.45. The Morgan fingerprint density at radius 2 is 2.29 bits per heavy atom. The summed E-state index contributed by atoms with van der Waals surface area (Å²) >= 11 is 1.66. The second-order valence-corrected chi connectivity index (χ2v) is 4.49. The lowest BCUT2D eigenvalue weighted by Crippen LogP contribution is -2.14. The van der Waals surface area contributed by atoms with Crippen molar-refractivity contribution in [1.29, 1.82) is 0 Å². The van der Waals surface area contributed by atoms with Gasteiger partial charge in [-0.05, 0) is 34.9 Å². The topological polar surface area (TPSA) is 62.5 Å². The predicted molar refractivity (Wildman–Crippen MR) is 65.3 cm³/mol. The molecule has 0 saturated heterocycles. The van der Waals surface area contributed by atoms with E-state index in [1.807, 2.05) is 0 Å². The lowest BCUT2D eigenvalue weighted by molar-refractivity contribution is 0.0694. The molecular weight excluding hydrogens is 238 g/mol. The molecule has 0 unspecified atom stereocenters. The van der Waals surface area contributed by atoms with Gasteiger partial charge in [0.05, 0.1) is 12.8 Å².